The number of pyridine rings is 1. The first-order valence-corrected chi connectivity index (χ1v) is 8.83. The van der Waals surface area contributed by atoms with Crippen LogP contribution in [0.3, 0.4) is 0 Å². The van der Waals surface area contributed by atoms with Crippen LogP contribution in [0.2, 0.25) is 5.02 Å². The summed E-state index contributed by atoms with van der Waals surface area (Å²) in [7, 11) is 1.52. The van der Waals surface area contributed by atoms with Crippen LogP contribution in [0.4, 0.5) is 11.4 Å². The van der Waals surface area contributed by atoms with Crippen LogP contribution in [0.25, 0.3) is 0 Å². The van der Waals surface area contributed by atoms with Crippen LogP contribution in [-0.4, -0.2) is 23.9 Å². The Labute approximate surface area is 167 Å². The third-order valence-electron chi connectivity index (χ3n) is 4.04. The molecule has 0 aliphatic carbocycles. The summed E-state index contributed by atoms with van der Waals surface area (Å²) in [5.41, 5.74) is 2.41. The van der Waals surface area contributed by atoms with E-state index in [0.29, 0.717) is 27.7 Å². The number of hydrogen-bond donors (Lipinski definition) is 2. The Morgan fingerprint density at radius 3 is 2.54 bits per heavy atom. The van der Waals surface area contributed by atoms with Gasteiger partial charge in [0.15, 0.2) is 0 Å². The number of aromatic nitrogens is 1. The van der Waals surface area contributed by atoms with E-state index in [-0.39, 0.29) is 11.6 Å². The zero-order valence-corrected chi connectivity index (χ0v) is 16.1. The van der Waals surface area contributed by atoms with Crippen LogP contribution in [0.1, 0.15) is 26.4 Å². The third-order valence-corrected chi connectivity index (χ3v) is 4.45. The number of halogens is 1. The molecule has 2 amide bonds. The summed E-state index contributed by atoms with van der Waals surface area (Å²) in [6.07, 6.45) is 1.41. The second-order valence-electron chi connectivity index (χ2n) is 6.00. The highest BCUT2D eigenvalue weighted by molar-refractivity contribution is 6.31. The van der Waals surface area contributed by atoms with Crippen LogP contribution < -0.4 is 15.4 Å². The lowest BCUT2D eigenvalue weighted by molar-refractivity contribution is 0.102. The van der Waals surface area contributed by atoms with Crippen molar-refractivity contribution in [2.24, 2.45) is 0 Å². The normalized spacial score (nSPS) is 10.2. The van der Waals surface area contributed by atoms with Crippen molar-refractivity contribution in [2.45, 2.75) is 6.92 Å². The number of hydrogen-bond acceptors (Lipinski definition) is 4. The quantitative estimate of drug-likeness (QED) is 0.663. The van der Waals surface area contributed by atoms with Gasteiger partial charge in [-0.25, -0.2) is 0 Å². The van der Waals surface area contributed by atoms with E-state index in [0.717, 1.165) is 5.56 Å². The largest absolute Gasteiger partial charge is 0.495 e. The molecule has 0 fully saturated rings. The number of carbonyl (C=O) groups is 2. The van der Waals surface area contributed by atoms with Gasteiger partial charge < -0.3 is 15.4 Å². The van der Waals surface area contributed by atoms with Crippen LogP contribution in [-0.2, 0) is 0 Å². The lowest BCUT2D eigenvalue weighted by Gasteiger charge is -2.10. The predicted octanol–water partition coefficient (Wildman–Crippen LogP) is 4.56. The lowest BCUT2D eigenvalue weighted by atomic mass is 10.2. The Morgan fingerprint density at radius 2 is 1.79 bits per heavy atom. The number of ether oxygens (including phenoxy) is 1. The van der Waals surface area contributed by atoms with Crippen molar-refractivity contribution in [1.29, 1.82) is 0 Å². The second-order valence-corrected chi connectivity index (χ2v) is 6.41. The highest BCUT2D eigenvalue weighted by atomic mass is 35.5. The average molecular weight is 396 g/mol. The minimum absolute atomic E-state index is 0.112. The molecular formula is C21H18ClN3O3. The smallest absolute Gasteiger partial charge is 0.274 e. The van der Waals surface area contributed by atoms with Crippen LogP contribution >= 0.6 is 11.6 Å². The molecule has 3 rings (SSSR count). The number of nitrogens with one attached hydrogen (secondary N) is 2. The fraction of sp³-hybridized carbons (Fsp3) is 0.0952. The van der Waals surface area contributed by atoms with Crippen molar-refractivity contribution in [2.75, 3.05) is 17.7 Å². The van der Waals surface area contributed by atoms with Crippen molar-refractivity contribution in [1.82, 2.24) is 4.98 Å². The molecule has 2 aromatic carbocycles. The molecule has 28 heavy (non-hydrogen) atoms. The lowest BCUT2D eigenvalue weighted by Crippen LogP contribution is -2.17. The van der Waals surface area contributed by atoms with E-state index < -0.39 is 5.91 Å². The third kappa shape index (κ3) is 4.47. The molecule has 0 atom stereocenters. The maximum atomic E-state index is 12.5. The minimum Gasteiger partial charge on any atom is -0.495 e. The second kappa shape index (κ2) is 8.54. The zero-order chi connectivity index (χ0) is 20.1. The van der Waals surface area contributed by atoms with Crippen molar-refractivity contribution in [3.05, 3.63) is 82.6 Å². The van der Waals surface area contributed by atoms with Gasteiger partial charge in [0.1, 0.15) is 11.4 Å². The zero-order valence-electron chi connectivity index (χ0n) is 15.3. The number of para-hydroxylation sites is 2. The van der Waals surface area contributed by atoms with Crippen molar-refractivity contribution >= 4 is 34.8 Å². The number of anilines is 2. The molecule has 2 N–H and O–H groups in total. The van der Waals surface area contributed by atoms with Gasteiger partial charge in [-0.1, -0.05) is 29.8 Å². The van der Waals surface area contributed by atoms with E-state index in [1.54, 1.807) is 36.4 Å². The highest BCUT2D eigenvalue weighted by Gasteiger charge is 2.14. The monoisotopic (exact) mass is 395 g/mol. The summed E-state index contributed by atoms with van der Waals surface area (Å²) >= 11 is 6.09. The first-order chi connectivity index (χ1) is 13.5. The number of nitrogens with zero attached hydrogens (tertiary/aromatic N) is 1. The number of aryl methyl sites for hydroxylation is 1. The van der Waals surface area contributed by atoms with Crippen molar-refractivity contribution in [3.8, 4) is 5.75 Å². The Morgan fingerprint density at radius 1 is 1.00 bits per heavy atom. The van der Waals surface area contributed by atoms with Gasteiger partial charge in [0.05, 0.1) is 12.8 Å². The molecule has 0 saturated heterocycles. The molecule has 3 aromatic rings. The molecule has 0 aliphatic rings. The molecule has 6 nitrogen and oxygen atoms in total. The summed E-state index contributed by atoms with van der Waals surface area (Å²) < 4.78 is 5.22. The van der Waals surface area contributed by atoms with E-state index in [1.165, 1.54) is 25.4 Å². The SMILES string of the molecule is COc1ccccc1NC(=O)c1cc(C(=O)Nc2ccc(C)c(Cl)c2)ccn1. The van der Waals surface area contributed by atoms with E-state index in [2.05, 4.69) is 15.6 Å². The molecule has 142 valence electrons. The Bertz CT molecular complexity index is 1040. The maximum Gasteiger partial charge on any atom is 0.274 e. The maximum absolute atomic E-state index is 12.5. The number of rotatable bonds is 5. The van der Waals surface area contributed by atoms with Gasteiger partial charge in [-0.15, -0.1) is 0 Å². The van der Waals surface area contributed by atoms with Gasteiger partial charge in [0, 0.05) is 22.5 Å². The number of methoxy groups -OCH3 is 1. The van der Waals surface area contributed by atoms with Crippen molar-refractivity contribution < 1.29 is 14.3 Å². The predicted molar refractivity (Wildman–Crippen MR) is 109 cm³/mol. The standard InChI is InChI=1S/C21H18ClN3O3/c1-13-7-8-15(12-16(13)22)24-20(26)14-9-10-23-18(11-14)21(27)25-17-5-3-4-6-19(17)28-2/h3-12H,1-2H3,(H,24,26)(H,25,27). The molecule has 7 heteroatoms. The Kier molecular flexibility index (Phi) is 5.91. The minimum atomic E-state index is -0.447. The van der Waals surface area contributed by atoms with Gasteiger partial charge in [0.25, 0.3) is 11.8 Å². The van der Waals surface area contributed by atoms with E-state index in [4.69, 9.17) is 16.3 Å². The fourth-order valence-electron chi connectivity index (χ4n) is 2.50. The summed E-state index contributed by atoms with van der Waals surface area (Å²) in [6.45, 7) is 1.88. The Balaban J connectivity index is 1.76. The summed E-state index contributed by atoms with van der Waals surface area (Å²) in [4.78, 5) is 29.1. The van der Waals surface area contributed by atoms with Crippen molar-refractivity contribution in [3.63, 3.8) is 0 Å². The highest BCUT2D eigenvalue weighted by Crippen LogP contribution is 2.24. The van der Waals surface area contributed by atoms with Crippen LogP contribution in [0.5, 0.6) is 5.75 Å². The first-order valence-electron chi connectivity index (χ1n) is 8.46. The van der Waals surface area contributed by atoms with Gasteiger partial charge in [-0.05, 0) is 48.9 Å². The molecule has 1 aromatic heterocycles. The van der Waals surface area contributed by atoms with Gasteiger partial charge in [-0.3, -0.25) is 14.6 Å². The molecule has 1 heterocycles. The molecule has 0 saturated carbocycles. The molecule has 0 unspecified atom stereocenters. The first kappa shape index (κ1) is 19.4. The van der Waals surface area contributed by atoms with E-state index in [9.17, 15) is 9.59 Å². The number of amides is 2. The van der Waals surface area contributed by atoms with Crippen LogP contribution in [0.15, 0.2) is 60.8 Å². The van der Waals surface area contributed by atoms with E-state index in [1.807, 2.05) is 13.0 Å². The Hall–Kier alpha value is -3.38. The molecule has 0 aliphatic heterocycles. The molecule has 0 spiro atoms. The fourth-order valence-corrected chi connectivity index (χ4v) is 2.68. The summed E-state index contributed by atoms with van der Waals surface area (Å²) in [6, 6.07) is 15.2. The summed E-state index contributed by atoms with van der Waals surface area (Å²) in [5.74, 6) is -0.285. The summed E-state index contributed by atoms with van der Waals surface area (Å²) in [5, 5.41) is 6.05. The van der Waals surface area contributed by atoms with Gasteiger partial charge in [-0.2, -0.15) is 0 Å². The topological polar surface area (TPSA) is 80.3 Å². The molecule has 0 bridgehead atoms. The van der Waals surface area contributed by atoms with Gasteiger partial charge in [0.2, 0.25) is 0 Å². The van der Waals surface area contributed by atoms with E-state index >= 15 is 0 Å². The average Bonchev–Trinajstić information content (AvgIpc) is 2.71. The van der Waals surface area contributed by atoms with Gasteiger partial charge >= 0.3 is 0 Å². The number of carbonyl (C=O) groups excluding carboxylic acids is 2. The van der Waals surface area contributed by atoms with Crippen LogP contribution in [0, 0.1) is 6.92 Å². The molecule has 0 radical (unpaired) electrons. The molecular weight excluding hydrogens is 378 g/mol. The number of benzene rings is 2.